The summed E-state index contributed by atoms with van der Waals surface area (Å²) in [5.74, 6) is 0. The summed E-state index contributed by atoms with van der Waals surface area (Å²) in [6, 6.07) is 6.63. The fraction of sp³-hybridized carbons (Fsp3) is 0.500. The molecule has 0 saturated carbocycles. The maximum absolute atomic E-state index is 3.30. The van der Waals surface area contributed by atoms with Crippen molar-refractivity contribution in [3.8, 4) is 0 Å². The predicted molar refractivity (Wildman–Crippen MR) is 58.0 cm³/mol. The summed E-state index contributed by atoms with van der Waals surface area (Å²) in [7, 11) is 2.00. The Morgan fingerprint density at radius 3 is 2.15 bits per heavy atom. The monoisotopic (exact) mass is 177 g/mol. The van der Waals surface area contributed by atoms with Crippen LogP contribution in [0.1, 0.15) is 30.5 Å². The fourth-order valence-corrected chi connectivity index (χ4v) is 1.27. The van der Waals surface area contributed by atoms with Gasteiger partial charge in [-0.05, 0) is 51.4 Å². The van der Waals surface area contributed by atoms with E-state index in [2.05, 4.69) is 51.2 Å². The van der Waals surface area contributed by atoms with Gasteiger partial charge in [0.05, 0.1) is 0 Å². The van der Waals surface area contributed by atoms with Gasteiger partial charge in [-0.2, -0.15) is 0 Å². The number of hydrogen-bond donors (Lipinski definition) is 1. The number of aryl methyl sites for hydroxylation is 2. The number of hydrogen-bond acceptors (Lipinski definition) is 1. The van der Waals surface area contributed by atoms with Crippen molar-refractivity contribution in [2.24, 2.45) is 0 Å². The zero-order valence-corrected chi connectivity index (χ0v) is 9.23. The van der Waals surface area contributed by atoms with Gasteiger partial charge >= 0.3 is 0 Å². The van der Waals surface area contributed by atoms with Gasteiger partial charge in [0.2, 0.25) is 0 Å². The highest BCUT2D eigenvalue weighted by atomic mass is 14.9. The molecule has 0 aliphatic rings. The quantitative estimate of drug-likeness (QED) is 0.732. The minimum Gasteiger partial charge on any atom is -0.311 e. The molecule has 0 bridgehead atoms. The average molecular weight is 177 g/mol. The molecule has 0 heterocycles. The summed E-state index contributed by atoms with van der Waals surface area (Å²) in [4.78, 5) is 0. The predicted octanol–water partition coefficient (Wildman–Crippen LogP) is 2.76. The van der Waals surface area contributed by atoms with Gasteiger partial charge in [0.15, 0.2) is 0 Å². The van der Waals surface area contributed by atoms with Crippen LogP contribution in [-0.4, -0.2) is 7.05 Å². The van der Waals surface area contributed by atoms with Gasteiger partial charge in [0, 0.05) is 5.54 Å². The van der Waals surface area contributed by atoms with E-state index in [1.54, 1.807) is 0 Å². The van der Waals surface area contributed by atoms with Crippen LogP contribution in [0.15, 0.2) is 18.2 Å². The minimum absolute atomic E-state index is 0.0679. The summed E-state index contributed by atoms with van der Waals surface area (Å²) in [6.45, 7) is 8.68. The second-order valence-electron chi connectivity index (χ2n) is 4.17. The third kappa shape index (κ3) is 2.10. The Morgan fingerprint density at radius 2 is 1.69 bits per heavy atom. The molecule has 0 atom stereocenters. The normalized spacial score (nSPS) is 11.8. The van der Waals surface area contributed by atoms with Crippen molar-refractivity contribution in [3.05, 3.63) is 34.9 Å². The minimum atomic E-state index is 0.0679. The largest absolute Gasteiger partial charge is 0.311 e. The van der Waals surface area contributed by atoms with E-state index in [4.69, 9.17) is 0 Å². The van der Waals surface area contributed by atoms with Gasteiger partial charge in [-0.1, -0.05) is 18.2 Å². The Kier molecular flexibility index (Phi) is 2.77. The van der Waals surface area contributed by atoms with Crippen LogP contribution in [0.5, 0.6) is 0 Å². The SMILES string of the molecule is CNC(C)(C)c1ccc(C)c(C)c1. The molecule has 1 aromatic carbocycles. The molecule has 0 saturated heterocycles. The van der Waals surface area contributed by atoms with Crippen molar-refractivity contribution in [1.29, 1.82) is 0 Å². The molecule has 0 aromatic heterocycles. The van der Waals surface area contributed by atoms with Crippen LogP contribution in [0.3, 0.4) is 0 Å². The molecule has 0 fully saturated rings. The van der Waals surface area contributed by atoms with E-state index in [-0.39, 0.29) is 5.54 Å². The Bertz CT molecular complexity index is 300. The maximum atomic E-state index is 3.30. The molecule has 0 amide bonds. The lowest BCUT2D eigenvalue weighted by atomic mass is 9.92. The molecule has 72 valence electrons. The highest BCUT2D eigenvalue weighted by Crippen LogP contribution is 2.21. The Hall–Kier alpha value is -0.820. The number of benzene rings is 1. The van der Waals surface area contributed by atoms with E-state index in [9.17, 15) is 0 Å². The summed E-state index contributed by atoms with van der Waals surface area (Å²) in [6.07, 6.45) is 0. The van der Waals surface area contributed by atoms with E-state index in [1.807, 2.05) is 7.05 Å². The van der Waals surface area contributed by atoms with Gasteiger partial charge in [-0.15, -0.1) is 0 Å². The van der Waals surface area contributed by atoms with Crippen molar-refractivity contribution < 1.29 is 0 Å². The Labute approximate surface area is 81.2 Å². The topological polar surface area (TPSA) is 12.0 Å². The lowest BCUT2D eigenvalue weighted by Crippen LogP contribution is -2.33. The van der Waals surface area contributed by atoms with Crippen LogP contribution in [0.2, 0.25) is 0 Å². The highest BCUT2D eigenvalue weighted by molar-refractivity contribution is 5.33. The van der Waals surface area contributed by atoms with E-state index in [1.165, 1.54) is 16.7 Å². The van der Waals surface area contributed by atoms with Crippen molar-refractivity contribution >= 4 is 0 Å². The standard InChI is InChI=1S/C12H19N/c1-9-6-7-11(8-10(9)2)12(3,4)13-5/h6-8,13H,1-5H3. The zero-order chi connectivity index (χ0) is 10.1. The van der Waals surface area contributed by atoms with Gasteiger partial charge in [-0.3, -0.25) is 0 Å². The van der Waals surface area contributed by atoms with E-state index in [0.29, 0.717) is 0 Å². The van der Waals surface area contributed by atoms with Crippen LogP contribution in [0, 0.1) is 13.8 Å². The molecule has 0 spiro atoms. The second kappa shape index (κ2) is 3.51. The first-order chi connectivity index (χ1) is 5.97. The van der Waals surface area contributed by atoms with Gasteiger partial charge in [0.1, 0.15) is 0 Å². The second-order valence-corrected chi connectivity index (χ2v) is 4.17. The van der Waals surface area contributed by atoms with Gasteiger partial charge in [0.25, 0.3) is 0 Å². The third-order valence-corrected chi connectivity index (χ3v) is 2.85. The first-order valence-corrected chi connectivity index (χ1v) is 4.74. The molecule has 1 heteroatoms. The molecule has 1 N–H and O–H groups in total. The van der Waals surface area contributed by atoms with Crippen molar-refractivity contribution in [3.63, 3.8) is 0 Å². The molecule has 0 aliphatic heterocycles. The summed E-state index contributed by atoms with van der Waals surface area (Å²) < 4.78 is 0. The summed E-state index contributed by atoms with van der Waals surface area (Å²) in [5, 5.41) is 3.30. The van der Waals surface area contributed by atoms with Crippen molar-refractivity contribution in [1.82, 2.24) is 5.32 Å². The highest BCUT2D eigenvalue weighted by Gasteiger charge is 2.17. The molecule has 1 nitrogen and oxygen atoms in total. The molecule has 13 heavy (non-hydrogen) atoms. The zero-order valence-electron chi connectivity index (χ0n) is 9.23. The first-order valence-electron chi connectivity index (χ1n) is 4.74. The molecular weight excluding hydrogens is 158 g/mol. The smallest absolute Gasteiger partial charge is 0.0375 e. The van der Waals surface area contributed by atoms with Gasteiger partial charge < -0.3 is 5.32 Å². The fourth-order valence-electron chi connectivity index (χ4n) is 1.27. The Morgan fingerprint density at radius 1 is 1.08 bits per heavy atom. The van der Waals surface area contributed by atoms with Crippen LogP contribution in [-0.2, 0) is 5.54 Å². The van der Waals surface area contributed by atoms with Crippen molar-refractivity contribution in [2.45, 2.75) is 33.2 Å². The van der Waals surface area contributed by atoms with Gasteiger partial charge in [-0.25, -0.2) is 0 Å². The van der Waals surface area contributed by atoms with Crippen LogP contribution < -0.4 is 5.32 Å². The van der Waals surface area contributed by atoms with E-state index in [0.717, 1.165) is 0 Å². The molecule has 0 unspecified atom stereocenters. The number of rotatable bonds is 2. The molecular formula is C12H19N. The van der Waals surface area contributed by atoms with Crippen LogP contribution >= 0.6 is 0 Å². The van der Waals surface area contributed by atoms with Crippen LogP contribution in [0.25, 0.3) is 0 Å². The summed E-state index contributed by atoms with van der Waals surface area (Å²) in [5.41, 5.74) is 4.13. The maximum Gasteiger partial charge on any atom is 0.0375 e. The van der Waals surface area contributed by atoms with E-state index >= 15 is 0 Å². The molecule has 1 aromatic rings. The average Bonchev–Trinajstić information content (AvgIpc) is 2.09. The Balaban J connectivity index is 3.10. The van der Waals surface area contributed by atoms with Crippen molar-refractivity contribution in [2.75, 3.05) is 7.05 Å². The van der Waals surface area contributed by atoms with E-state index < -0.39 is 0 Å². The first kappa shape index (κ1) is 10.3. The molecule has 0 aliphatic carbocycles. The van der Waals surface area contributed by atoms with Crippen LogP contribution in [0.4, 0.5) is 0 Å². The summed E-state index contributed by atoms with van der Waals surface area (Å²) >= 11 is 0. The third-order valence-electron chi connectivity index (χ3n) is 2.85. The number of nitrogens with one attached hydrogen (secondary N) is 1. The molecule has 0 radical (unpaired) electrons. The lowest BCUT2D eigenvalue weighted by Gasteiger charge is -2.25. The lowest BCUT2D eigenvalue weighted by molar-refractivity contribution is 0.444. The molecule has 1 rings (SSSR count).